The Bertz CT molecular complexity index is 508. The van der Waals surface area contributed by atoms with Gasteiger partial charge in [-0.25, -0.2) is 8.78 Å². The number of hydrogen-bond acceptors (Lipinski definition) is 3. The van der Waals surface area contributed by atoms with Gasteiger partial charge in [-0.2, -0.15) is 0 Å². The summed E-state index contributed by atoms with van der Waals surface area (Å²) in [6.07, 6.45) is 2.61. The van der Waals surface area contributed by atoms with Crippen LogP contribution in [-0.2, 0) is 0 Å². The van der Waals surface area contributed by atoms with Crippen molar-refractivity contribution in [3.8, 4) is 0 Å². The average molecular weight is 298 g/mol. The molecule has 0 aliphatic heterocycles. The van der Waals surface area contributed by atoms with Crippen LogP contribution >= 0.6 is 0 Å². The maximum absolute atomic E-state index is 13.1. The monoisotopic (exact) mass is 298 g/mol. The van der Waals surface area contributed by atoms with E-state index < -0.39 is 11.3 Å². The van der Waals surface area contributed by atoms with Gasteiger partial charge in [0, 0.05) is 29.4 Å². The number of rotatable bonds is 5. The summed E-state index contributed by atoms with van der Waals surface area (Å²) >= 11 is 0. The highest BCUT2D eigenvalue weighted by Crippen LogP contribution is 2.34. The number of non-ortho nitro benzene ring substituents is 1. The summed E-state index contributed by atoms with van der Waals surface area (Å²) in [6, 6.07) is 3.82. The van der Waals surface area contributed by atoms with Crippen LogP contribution in [0, 0.1) is 16.0 Å². The molecular weight excluding hydrogens is 278 g/mol. The van der Waals surface area contributed by atoms with E-state index in [-0.39, 0.29) is 17.3 Å². The van der Waals surface area contributed by atoms with Gasteiger partial charge in [0.25, 0.3) is 12.1 Å². The first-order chi connectivity index (χ1) is 10.0. The maximum atomic E-state index is 13.1. The van der Waals surface area contributed by atoms with Gasteiger partial charge in [0.05, 0.1) is 4.92 Å². The minimum atomic E-state index is -2.73. The van der Waals surface area contributed by atoms with Crippen molar-refractivity contribution in [1.82, 2.24) is 0 Å². The van der Waals surface area contributed by atoms with E-state index in [1.807, 2.05) is 0 Å². The summed E-state index contributed by atoms with van der Waals surface area (Å²) in [5.74, 6) is 0.472. The summed E-state index contributed by atoms with van der Waals surface area (Å²) in [6.45, 7) is 2.11. The molecule has 4 nitrogen and oxygen atoms in total. The topological polar surface area (TPSA) is 55.2 Å². The lowest BCUT2D eigenvalue weighted by Crippen LogP contribution is -2.32. The van der Waals surface area contributed by atoms with Crippen LogP contribution in [0.1, 0.15) is 51.0 Å². The van der Waals surface area contributed by atoms with Gasteiger partial charge in [0.1, 0.15) is 0 Å². The molecule has 0 aromatic heterocycles. The van der Waals surface area contributed by atoms with Crippen molar-refractivity contribution in [3.63, 3.8) is 0 Å². The Morgan fingerprint density at radius 1 is 1.38 bits per heavy atom. The van der Waals surface area contributed by atoms with Gasteiger partial charge < -0.3 is 5.32 Å². The van der Waals surface area contributed by atoms with Gasteiger partial charge in [0.2, 0.25) is 0 Å². The van der Waals surface area contributed by atoms with Gasteiger partial charge in [-0.05, 0) is 24.8 Å². The minimum absolute atomic E-state index is 0.169. The number of nitrogens with one attached hydrogen (secondary N) is 1. The third-order valence-corrected chi connectivity index (χ3v) is 4.26. The molecule has 6 heteroatoms. The molecule has 0 bridgehead atoms. The van der Waals surface area contributed by atoms with E-state index in [0.29, 0.717) is 11.6 Å². The molecule has 1 aliphatic carbocycles. The third-order valence-electron chi connectivity index (χ3n) is 4.26. The smallest absolute Gasteiger partial charge is 0.270 e. The van der Waals surface area contributed by atoms with Crippen LogP contribution in [0.25, 0.3) is 0 Å². The largest absolute Gasteiger partial charge is 0.382 e. The fourth-order valence-corrected chi connectivity index (χ4v) is 3.06. The number of alkyl halides is 2. The molecule has 21 heavy (non-hydrogen) atoms. The lowest BCUT2D eigenvalue weighted by Gasteiger charge is -2.32. The fourth-order valence-electron chi connectivity index (χ4n) is 3.06. The molecule has 0 amide bonds. The summed E-state index contributed by atoms with van der Waals surface area (Å²) in [7, 11) is 0. The highest BCUT2D eigenvalue weighted by atomic mass is 19.3. The second-order valence-electron chi connectivity index (χ2n) is 5.53. The molecule has 0 heterocycles. The van der Waals surface area contributed by atoms with Crippen molar-refractivity contribution in [3.05, 3.63) is 33.9 Å². The molecule has 1 aliphatic rings. The highest BCUT2D eigenvalue weighted by Gasteiger charge is 2.26. The Morgan fingerprint density at radius 2 is 2.10 bits per heavy atom. The molecule has 116 valence electrons. The zero-order valence-electron chi connectivity index (χ0n) is 12.0. The summed E-state index contributed by atoms with van der Waals surface area (Å²) in [4.78, 5) is 10.1. The third kappa shape index (κ3) is 3.68. The molecule has 0 saturated heterocycles. The van der Waals surface area contributed by atoms with Gasteiger partial charge in [-0.1, -0.05) is 26.2 Å². The first kappa shape index (κ1) is 15.7. The van der Waals surface area contributed by atoms with Crippen molar-refractivity contribution in [1.29, 1.82) is 0 Å². The fraction of sp³-hybridized carbons (Fsp3) is 0.600. The number of halogens is 2. The zero-order valence-corrected chi connectivity index (χ0v) is 12.0. The second-order valence-corrected chi connectivity index (χ2v) is 5.53. The van der Waals surface area contributed by atoms with Crippen molar-refractivity contribution in [2.45, 2.75) is 51.5 Å². The molecule has 2 atom stereocenters. The molecule has 2 unspecified atom stereocenters. The number of nitrogens with zero attached hydrogens (tertiary/aromatic N) is 1. The van der Waals surface area contributed by atoms with E-state index in [1.165, 1.54) is 18.6 Å². The molecule has 2 rings (SSSR count). The molecule has 1 aromatic rings. The van der Waals surface area contributed by atoms with Gasteiger partial charge in [-0.3, -0.25) is 10.1 Å². The van der Waals surface area contributed by atoms with Crippen molar-refractivity contribution < 1.29 is 13.7 Å². The average Bonchev–Trinajstić information content (AvgIpc) is 2.47. The van der Waals surface area contributed by atoms with Crippen LogP contribution in [-0.4, -0.2) is 11.0 Å². The highest BCUT2D eigenvalue weighted by molar-refractivity contribution is 5.57. The molecule has 0 spiro atoms. The predicted octanol–water partition coefficient (Wildman–Crippen LogP) is 4.91. The van der Waals surface area contributed by atoms with E-state index in [9.17, 15) is 18.9 Å². The normalized spacial score (nSPS) is 22.3. The van der Waals surface area contributed by atoms with Crippen LogP contribution < -0.4 is 5.32 Å². The Labute approximate surface area is 122 Å². The van der Waals surface area contributed by atoms with Crippen molar-refractivity contribution in [2.75, 3.05) is 5.32 Å². The predicted molar refractivity (Wildman–Crippen MR) is 77.7 cm³/mol. The molecule has 0 radical (unpaired) electrons. The number of hydrogen-bond donors (Lipinski definition) is 1. The van der Waals surface area contributed by atoms with Crippen molar-refractivity contribution >= 4 is 11.4 Å². The first-order valence-electron chi connectivity index (χ1n) is 7.36. The van der Waals surface area contributed by atoms with E-state index in [2.05, 4.69) is 12.2 Å². The Hall–Kier alpha value is -1.72. The van der Waals surface area contributed by atoms with Crippen LogP contribution in [0.4, 0.5) is 20.2 Å². The molecule has 1 saturated carbocycles. The van der Waals surface area contributed by atoms with E-state index in [4.69, 9.17) is 0 Å². The minimum Gasteiger partial charge on any atom is -0.382 e. The Morgan fingerprint density at radius 3 is 2.71 bits per heavy atom. The van der Waals surface area contributed by atoms with Crippen LogP contribution in [0.2, 0.25) is 0 Å². The van der Waals surface area contributed by atoms with Crippen LogP contribution in [0.5, 0.6) is 0 Å². The van der Waals surface area contributed by atoms with Crippen LogP contribution in [0.15, 0.2) is 18.2 Å². The first-order valence-corrected chi connectivity index (χ1v) is 7.36. The molecule has 1 fully saturated rings. The molecule has 1 N–H and O–H groups in total. The Balaban J connectivity index is 2.24. The molecule has 1 aromatic carbocycles. The summed E-state index contributed by atoms with van der Waals surface area (Å²) in [5, 5.41) is 13.9. The van der Waals surface area contributed by atoms with E-state index in [1.54, 1.807) is 0 Å². The quantitative estimate of drug-likeness (QED) is 0.620. The number of nitro groups is 1. The lowest BCUT2D eigenvalue weighted by molar-refractivity contribution is -0.385. The van der Waals surface area contributed by atoms with Gasteiger partial charge in [-0.15, -0.1) is 0 Å². The van der Waals surface area contributed by atoms with E-state index >= 15 is 0 Å². The van der Waals surface area contributed by atoms with Crippen molar-refractivity contribution in [2.24, 2.45) is 5.92 Å². The lowest BCUT2D eigenvalue weighted by atomic mass is 9.82. The summed E-state index contributed by atoms with van der Waals surface area (Å²) in [5.41, 5.74) is -0.267. The summed E-state index contributed by atoms with van der Waals surface area (Å²) < 4.78 is 26.3. The number of nitro benzene ring substituents is 1. The van der Waals surface area contributed by atoms with Gasteiger partial charge >= 0.3 is 0 Å². The SMILES string of the molecule is CCC1CCCCC1Nc1ccc([N+](=O)[O-])cc1C(F)F. The number of anilines is 1. The van der Waals surface area contributed by atoms with Gasteiger partial charge in [0.15, 0.2) is 0 Å². The van der Waals surface area contributed by atoms with E-state index in [0.717, 1.165) is 31.7 Å². The zero-order chi connectivity index (χ0) is 15.4. The maximum Gasteiger partial charge on any atom is 0.270 e. The Kier molecular flexibility index (Phi) is 5.09. The molecular formula is C15H20F2N2O2. The standard InChI is InChI=1S/C15H20F2N2O2/c1-2-10-5-3-4-6-13(10)18-14-8-7-11(19(20)21)9-12(14)15(16)17/h7-10,13,15,18H,2-6H2,1H3. The van der Waals surface area contributed by atoms with Crippen LogP contribution in [0.3, 0.4) is 0 Å². The number of benzene rings is 1. The second kappa shape index (κ2) is 6.83.